The molecule has 0 rings (SSSR count). The third-order valence-corrected chi connectivity index (χ3v) is 1.29. The van der Waals surface area contributed by atoms with Gasteiger partial charge in [0.15, 0.2) is 0 Å². The van der Waals surface area contributed by atoms with Crippen molar-refractivity contribution in [1.82, 2.24) is 0 Å². The predicted molar refractivity (Wildman–Crippen MR) is 31.6 cm³/mol. The Morgan fingerprint density at radius 2 is 1.88 bits per heavy atom. The van der Waals surface area contributed by atoms with Crippen LogP contribution in [-0.2, 0) is 0 Å². The maximum Gasteiger partial charge on any atom is 0.202 e. The first-order valence-corrected chi connectivity index (χ1v) is 2.73. The van der Waals surface area contributed by atoms with Crippen LogP contribution in [0.3, 0.4) is 0 Å². The molecule has 5 heteroatoms. The molecule has 0 saturated heterocycles. The van der Waals surface area contributed by atoms with E-state index in [1.807, 2.05) is 0 Å². The average molecular weight is 184 g/mol. The van der Waals surface area contributed by atoms with Gasteiger partial charge in [-0.05, 0) is 5.18 Å². The van der Waals surface area contributed by atoms with Crippen LogP contribution in [0.4, 0.5) is 0 Å². The maximum atomic E-state index is 9.67. The van der Waals surface area contributed by atoms with Crippen LogP contribution >= 0.6 is 15.9 Å². The number of nitrogens with zero attached hydrogens (tertiary/aromatic N) is 1. The van der Waals surface area contributed by atoms with Gasteiger partial charge in [0.05, 0.1) is 13.2 Å². The minimum absolute atomic E-state index is 0.493. The van der Waals surface area contributed by atoms with E-state index in [1.54, 1.807) is 0 Å². The Kier molecular flexibility index (Phi) is 3.11. The molecule has 4 nitrogen and oxygen atoms in total. The molecular formula is C3H6BrNO3. The molecule has 0 heterocycles. The number of aliphatic hydroxyl groups is 2. The predicted octanol–water partition coefficient (Wildman–Crippen LogP) is -0.171. The minimum atomic E-state index is -1.38. The topological polar surface area (TPSA) is 69.9 Å². The summed E-state index contributed by atoms with van der Waals surface area (Å²) in [5.41, 5.74) is 0. The molecule has 0 aromatic rings. The van der Waals surface area contributed by atoms with Gasteiger partial charge in [-0.3, -0.25) is 0 Å². The van der Waals surface area contributed by atoms with Crippen molar-refractivity contribution in [3.63, 3.8) is 0 Å². The zero-order valence-electron chi connectivity index (χ0n) is 4.04. The second kappa shape index (κ2) is 3.11. The molecule has 0 unspecified atom stereocenters. The molecule has 0 fully saturated rings. The molecular weight excluding hydrogens is 178 g/mol. The normalized spacial score (nSPS) is 11.4. The first-order valence-electron chi connectivity index (χ1n) is 1.93. The Morgan fingerprint density at radius 1 is 1.50 bits per heavy atom. The first-order chi connectivity index (χ1) is 3.68. The Labute approximate surface area is 54.6 Å². The van der Waals surface area contributed by atoms with Crippen LogP contribution in [0.15, 0.2) is 5.18 Å². The number of aliphatic hydroxyl groups excluding tert-OH is 2. The van der Waals surface area contributed by atoms with Gasteiger partial charge in [0.2, 0.25) is 4.45 Å². The van der Waals surface area contributed by atoms with Crippen LogP contribution in [-0.4, -0.2) is 27.9 Å². The molecule has 48 valence electrons. The Morgan fingerprint density at radius 3 is 1.88 bits per heavy atom. The van der Waals surface area contributed by atoms with Gasteiger partial charge in [0.25, 0.3) is 0 Å². The monoisotopic (exact) mass is 183 g/mol. The molecule has 0 atom stereocenters. The second-order valence-corrected chi connectivity index (χ2v) is 2.80. The van der Waals surface area contributed by atoms with Crippen molar-refractivity contribution in [2.45, 2.75) is 4.45 Å². The van der Waals surface area contributed by atoms with Crippen LogP contribution < -0.4 is 0 Å². The zero-order valence-corrected chi connectivity index (χ0v) is 5.63. The average Bonchev–Trinajstić information content (AvgIpc) is 1.87. The van der Waals surface area contributed by atoms with E-state index in [0.717, 1.165) is 0 Å². The summed E-state index contributed by atoms with van der Waals surface area (Å²) in [6.45, 7) is -0.986. The molecule has 0 aliphatic rings. The van der Waals surface area contributed by atoms with Crippen LogP contribution in [0, 0.1) is 4.91 Å². The van der Waals surface area contributed by atoms with Gasteiger partial charge in [-0.25, -0.2) is 0 Å². The lowest BCUT2D eigenvalue weighted by Gasteiger charge is -2.10. The standard InChI is InChI=1S/C3H6BrNO3/c4-3(1-6,2-7)5-8/h6-7H,1-2H2. The van der Waals surface area contributed by atoms with E-state index >= 15 is 0 Å². The number of hydrogen-bond donors (Lipinski definition) is 2. The fourth-order valence-corrected chi connectivity index (χ4v) is 0.108. The number of rotatable bonds is 3. The van der Waals surface area contributed by atoms with Crippen molar-refractivity contribution in [1.29, 1.82) is 0 Å². The molecule has 0 aromatic heterocycles. The van der Waals surface area contributed by atoms with Gasteiger partial charge >= 0.3 is 0 Å². The fourth-order valence-electron chi connectivity index (χ4n) is 0.108. The highest BCUT2D eigenvalue weighted by atomic mass is 79.9. The Hall–Kier alpha value is -0.0000000000000000416. The molecule has 0 spiro atoms. The number of nitroso groups, excluding NO2 is 1. The lowest BCUT2D eigenvalue weighted by Crippen LogP contribution is -2.26. The number of halogens is 1. The molecule has 2 N–H and O–H groups in total. The Balaban J connectivity index is 3.76. The van der Waals surface area contributed by atoms with E-state index in [0.29, 0.717) is 0 Å². The van der Waals surface area contributed by atoms with Gasteiger partial charge < -0.3 is 10.2 Å². The first kappa shape index (κ1) is 8.00. The van der Waals surface area contributed by atoms with Gasteiger partial charge in [-0.15, -0.1) is 4.91 Å². The van der Waals surface area contributed by atoms with Crippen LogP contribution in [0.5, 0.6) is 0 Å². The summed E-state index contributed by atoms with van der Waals surface area (Å²) in [7, 11) is 0. The van der Waals surface area contributed by atoms with E-state index in [4.69, 9.17) is 10.2 Å². The molecule has 0 bridgehead atoms. The number of hydrogen-bond acceptors (Lipinski definition) is 4. The summed E-state index contributed by atoms with van der Waals surface area (Å²) >= 11 is 2.70. The van der Waals surface area contributed by atoms with Crippen LogP contribution in [0.2, 0.25) is 0 Å². The van der Waals surface area contributed by atoms with Crippen molar-refractivity contribution in [3.8, 4) is 0 Å². The van der Waals surface area contributed by atoms with E-state index in [-0.39, 0.29) is 0 Å². The van der Waals surface area contributed by atoms with Crippen molar-refractivity contribution in [3.05, 3.63) is 4.91 Å². The quantitative estimate of drug-likeness (QED) is 0.363. The Bertz CT molecular complexity index is 82.6. The van der Waals surface area contributed by atoms with Gasteiger partial charge in [-0.1, -0.05) is 15.9 Å². The number of alkyl halides is 1. The molecule has 0 amide bonds. The summed E-state index contributed by atoms with van der Waals surface area (Å²) in [5.74, 6) is 0. The van der Waals surface area contributed by atoms with E-state index in [9.17, 15) is 4.91 Å². The lowest BCUT2D eigenvalue weighted by molar-refractivity contribution is 0.180. The second-order valence-electron chi connectivity index (χ2n) is 1.33. The maximum absolute atomic E-state index is 9.67. The summed E-state index contributed by atoms with van der Waals surface area (Å²) in [6.07, 6.45) is 0. The third-order valence-electron chi connectivity index (χ3n) is 0.648. The zero-order chi connectivity index (χ0) is 6.62. The molecule has 0 saturated carbocycles. The highest BCUT2D eigenvalue weighted by molar-refractivity contribution is 9.10. The molecule has 0 radical (unpaired) electrons. The molecule has 0 aliphatic heterocycles. The van der Waals surface area contributed by atoms with Crippen LogP contribution in [0.1, 0.15) is 0 Å². The third kappa shape index (κ3) is 1.85. The van der Waals surface area contributed by atoms with E-state index < -0.39 is 17.7 Å². The van der Waals surface area contributed by atoms with Crippen LogP contribution in [0.25, 0.3) is 0 Å². The summed E-state index contributed by atoms with van der Waals surface area (Å²) in [5, 5.41) is 19.0. The highest BCUT2D eigenvalue weighted by Crippen LogP contribution is 2.16. The lowest BCUT2D eigenvalue weighted by atomic mass is 10.4. The highest BCUT2D eigenvalue weighted by Gasteiger charge is 2.25. The van der Waals surface area contributed by atoms with Gasteiger partial charge in [-0.2, -0.15) is 0 Å². The van der Waals surface area contributed by atoms with Crippen molar-refractivity contribution < 1.29 is 10.2 Å². The minimum Gasteiger partial charge on any atom is -0.393 e. The van der Waals surface area contributed by atoms with E-state index in [2.05, 4.69) is 21.1 Å². The largest absolute Gasteiger partial charge is 0.393 e. The summed E-state index contributed by atoms with van der Waals surface area (Å²) in [4.78, 5) is 9.67. The fraction of sp³-hybridized carbons (Fsp3) is 1.00. The SMILES string of the molecule is O=NC(Br)(CO)CO. The van der Waals surface area contributed by atoms with Crippen molar-refractivity contribution in [2.24, 2.45) is 5.18 Å². The van der Waals surface area contributed by atoms with Gasteiger partial charge in [0, 0.05) is 0 Å². The van der Waals surface area contributed by atoms with Gasteiger partial charge in [0.1, 0.15) is 0 Å². The molecule has 0 aliphatic carbocycles. The summed E-state index contributed by atoms with van der Waals surface area (Å²) < 4.78 is -1.38. The molecule has 8 heavy (non-hydrogen) atoms. The van der Waals surface area contributed by atoms with E-state index in [1.165, 1.54) is 0 Å². The molecule has 0 aromatic carbocycles. The smallest absolute Gasteiger partial charge is 0.202 e. The summed E-state index contributed by atoms with van der Waals surface area (Å²) in [6, 6.07) is 0. The van der Waals surface area contributed by atoms with Crippen molar-refractivity contribution >= 4 is 15.9 Å². The van der Waals surface area contributed by atoms with Crippen molar-refractivity contribution in [2.75, 3.05) is 13.2 Å².